The van der Waals surface area contributed by atoms with Gasteiger partial charge in [0, 0.05) is 44.7 Å². The molecule has 0 bridgehead atoms. The number of anilines is 2. The lowest BCUT2D eigenvalue weighted by Gasteiger charge is -2.25. The first-order valence-corrected chi connectivity index (χ1v) is 14.2. The summed E-state index contributed by atoms with van der Waals surface area (Å²) in [6.45, 7) is 6.45. The highest BCUT2D eigenvalue weighted by atomic mass is 16.5. The smallest absolute Gasteiger partial charge is 0.335 e. The van der Waals surface area contributed by atoms with Gasteiger partial charge in [-0.2, -0.15) is 0 Å². The third-order valence-electron chi connectivity index (χ3n) is 7.46. The van der Waals surface area contributed by atoms with E-state index in [1.807, 2.05) is 0 Å². The molecule has 2 atom stereocenters. The van der Waals surface area contributed by atoms with Crippen LogP contribution in [0.2, 0.25) is 0 Å². The normalized spacial score (nSPS) is 13.9. The van der Waals surface area contributed by atoms with Crippen molar-refractivity contribution in [1.29, 1.82) is 0 Å². The summed E-state index contributed by atoms with van der Waals surface area (Å²) in [6, 6.07) is 12.8. The Hall–Kier alpha value is -3.10. The van der Waals surface area contributed by atoms with Crippen LogP contribution in [-0.2, 0) is 27.2 Å². The number of aliphatic carboxylic acids is 1. The summed E-state index contributed by atoms with van der Waals surface area (Å²) in [4.78, 5) is 25.8. The SMILES string of the molecule is Cc1ccc(NCCCCCN(C)C(=O)C(OCCCCNc2ccc3c(c2)CCC3)C(O)C(=O)O)cc1C. The van der Waals surface area contributed by atoms with Crippen LogP contribution in [0.25, 0.3) is 0 Å². The fourth-order valence-corrected chi connectivity index (χ4v) is 4.84. The van der Waals surface area contributed by atoms with Gasteiger partial charge in [0.2, 0.25) is 0 Å². The Balaban J connectivity index is 1.33. The number of ether oxygens (including phenoxy) is 1. The van der Waals surface area contributed by atoms with Crippen LogP contribution in [0.15, 0.2) is 36.4 Å². The molecule has 2 unspecified atom stereocenters. The number of carbonyl (C=O) groups is 2. The lowest BCUT2D eigenvalue weighted by molar-refractivity contribution is -0.166. The second kappa shape index (κ2) is 15.5. The number of carboxylic acids is 1. The van der Waals surface area contributed by atoms with E-state index in [4.69, 9.17) is 4.74 Å². The Bertz CT molecular complexity index is 1090. The summed E-state index contributed by atoms with van der Waals surface area (Å²) in [5, 5.41) is 26.3. The fraction of sp³-hybridized carbons (Fsp3) is 0.548. The van der Waals surface area contributed by atoms with Crippen molar-refractivity contribution >= 4 is 23.3 Å². The van der Waals surface area contributed by atoms with Crippen LogP contribution in [0.3, 0.4) is 0 Å². The average molecular weight is 540 g/mol. The highest BCUT2D eigenvalue weighted by molar-refractivity contribution is 5.87. The monoisotopic (exact) mass is 539 g/mol. The van der Waals surface area contributed by atoms with Gasteiger partial charge in [0.1, 0.15) is 0 Å². The predicted octanol–water partition coefficient (Wildman–Crippen LogP) is 4.56. The van der Waals surface area contributed by atoms with Crippen molar-refractivity contribution in [2.45, 2.75) is 77.4 Å². The molecule has 0 saturated heterocycles. The molecular formula is C31H45N3O5. The quantitative estimate of drug-likeness (QED) is 0.218. The van der Waals surface area contributed by atoms with E-state index in [2.05, 4.69) is 60.9 Å². The molecule has 8 heteroatoms. The number of likely N-dealkylation sites (N-methyl/N-ethyl adjacent to an activating group) is 1. The molecule has 0 heterocycles. The number of hydrogen-bond acceptors (Lipinski definition) is 6. The Morgan fingerprint density at radius 3 is 2.28 bits per heavy atom. The van der Waals surface area contributed by atoms with Gasteiger partial charge in [-0.1, -0.05) is 12.1 Å². The number of carbonyl (C=O) groups excluding carboxylic acids is 1. The standard InChI is InChI=1S/C31H45N3O5/c1-22-12-14-26(20-23(22)2)32-16-5-4-7-18-34(3)30(36)29(28(35)31(37)38)39-19-8-6-17-33-27-15-13-24-10-9-11-25(24)21-27/h12-15,20-21,28-29,32-33,35H,4-11,16-19H2,1-3H3,(H,37,38). The molecule has 0 spiro atoms. The number of unbranched alkanes of at least 4 members (excludes halogenated alkanes) is 3. The maximum absolute atomic E-state index is 12.9. The van der Waals surface area contributed by atoms with Crippen molar-refractivity contribution in [2.75, 3.05) is 43.9 Å². The molecule has 2 aromatic carbocycles. The molecule has 1 aliphatic carbocycles. The van der Waals surface area contributed by atoms with E-state index in [1.54, 1.807) is 7.05 Å². The third kappa shape index (κ3) is 9.55. The molecule has 3 rings (SSSR count). The van der Waals surface area contributed by atoms with Crippen LogP contribution >= 0.6 is 0 Å². The highest BCUT2D eigenvalue weighted by Crippen LogP contribution is 2.25. The molecule has 4 N–H and O–H groups in total. The van der Waals surface area contributed by atoms with Crippen LogP contribution in [0, 0.1) is 13.8 Å². The molecule has 1 amide bonds. The second-order valence-corrected chi connectivity index (χ2v) is 10.6. The summed E-state index contributed by atoms with van der Waals surface area (Å²) in [7, 11) is 1.63. The zero-order chi connectivity index (χ0) is 28.2. The van der Waals surface area contributed by atoms with Crippen molar-refractivity contribution in [3.8, 4) is 0 Å². The van der Waals surface area contributed by atoms with E-state index in [0.29, 0.717) is 13.0 Å². The summed E-state index contributed by atoms with van der Waals surface area (Å²) in [6.07, 6.45) is 4.30. The number of aryl methyl sites for hydroxylation is 4. The van der Waals surface area contributed by atoms with Crippen LogP contribution < -0.4 is 10.6 Å². The van der Waals surface area contributed by atoms with Crippen molar-refractivity contribution in [3.63, 3.8) is 0 Å². The molecule has 0 fully saturated rings. The van der Waals surface area contributed by atoms with Gasteiger partial charge in [0.05, 0.1) is 0 Å². The maximum atomic E-state index is 12.9. The van der Waals surface area contributed by atoms with Crippen molar-refractivity contribution in [1.82, 2.24) is 4.90 Å². The topological polar surface area (TPSA) is 111 Å². The number of carboxylic acid groups (broad SMARTS) is 1. The van der Waals surface area contributed by atoms with Crippen LogP contribution in [-0.4, -0.2) is 72.5 Å². The zero-order valence-corrected chi connectivity index (χ0v) is 23.7. The predicted molar refractivity (Wildman–Crippen MR) is 155 cm³/mol. The van der Waals surface area contributed by atoms with Gasteiger partial charge in [-0.05, 0) is 112 Å². The summed E-state index contributed by atoms with van der Waals surface area (Å²) >= 11 is 0. The number of hydrogen-bond donors (Lipinski definition) is 4. The Labute approximate surface area is 232 Å². The minimum Gasteiger partial charge on any atom is -0.479 e. The molecule has 0 aliphatic heterocycles. The van der Waals surface area contributed by atoms with Crippen LogP contribution in [0.5, 0.6) is 0 Å². The van der Waals surface area contributed by atoms with Crippen molar-refractivity contribution in [2.24, 2.45) is 0 Å². The van der Waals surface area contributed by atoms with E-state index >= 15 is 0 Å². The van der Waals surface area contributed by atoms with Gasteiger partial charge >= 0.3 is 5.97 Å². The van der Waals surface area contributed by atoms with E-state index < -0.39 is 24.1 Å². The van der Waals surface area contributed by atoms with Gasteiger partial charge < -0.3 is 30.5 Å². The summed E-state index contributed by atoms with van der Waals surface area (Å²) < 4.78 is 5.61. The highest BCUT2D eigenvalue weighted by Gasteiger charge is 2.34. The molecule has 0 aromatic heterocycles. The number of aliphatic hydroxyl groups is 1. The molecule has 0 saturated carbocycles. The largest absolute Gasteiger partial charge is 0.479 e. The first-order valence-electron chi connectivity index (χ1n) is 14.2. The number of nitrogens with zero attached hydrogens (tertiary/aromatic N) is 1. The number of nitrogens with one attached hydrogen (secondary N) is 2. The first kappa shape index (κ1) is 30.4. The molecule has 214 valence electrons. The second-order valence-electron chi connectivity index (χ2n) is 10.6. The molecule has 1 aliphatic rings. The van der Waals surface area contributed by atoms with E-state index in [0.717, 1.165) is 63.0 Å². The molecular weight excluding hydrogens is 494 g/mol. The zero-order valence-electron chi connectivity index (χ0n) is 23.7. The summed E-state index contributed by atoms with van der Waals surface area (Å²) in [5.74, 6) is -1.97. The van der Waals surface area contributed by atoms with Gasteiger partial charge in [0.15, 0.2) is 12.2 Å². The van der Waals surface area contributed by atoms with Crippen LogP contribution in [0.4, 0.5) is 11.4 Å². The molecule has 2 aromatic rings. The number of amides is 1. The third-order valence-corrected chi connectivity index (χ3v) is 7.46. The van der Waals surface area contributed by atoms with Crippen LogP contribution in [0.1, 0.15) is 60.8 Å². The average Bonchev–Trinajstić information content (AvgIpc) is 3.39. The summed E-state index contributed by atoms with van der Waals surface area (Å²) in [5.41, 5.74) is 7.60. The van der Waals surface area contributed by atoms with Gasteiger partial charge in [0.25, 0.3) is 5.91 Å². The lowest BCUT2D eigenvalue weighted by Crippen LogP contribution is -2.48. The number of fused-ring (bicyclic) bond motifs is 1. The first-order chi connectivity index (χ1) is 18.8. The van der Waals surface area contributed by atoms with Gasteiger partial charge in [-0.15, -0.1) is 0 Å². The lowest BCUT2D eigenvalue weighted by atomic mass is 10.1. The molecule has 8 nitrogen and oxygen atoms in total. The molecule has 0 radical (unpaired) electrons. The number of benzene rings is 2. The Morgan fingerprint density at radius 2 is 1.56 bits per heavy atom. The van der Waals surface area contributed by atoms with E-state index in [-0.39, 0.29) is 6.61 Å². The Kier molecular flexibility index (Phi) is 12.1. The van der Waals surface area contributed by atoms with Gasteiger partial charge in [-0.25, -0.2) is 4.79 Å². The minimum atomic E-state index is -1.90. The molecule has 39 heavy (non-hydrogen) atoms. The maximum Gasteiger partial charge on any atom is 0.335 e. The minimum absolute atomic E-state index is 0.199. The van der Waals surface area contributed by atoms with Crippen molar-refractivity contribution < 1.29 is 24.5 Å². The fourth-order valence-electron chi connectivity index (χ4n) is 4.84. The van der Waals surface area contributed by atoms with Gasteiger partial charge in [-0.3, -0.25) is 4.79 Å². The number of aliphatic hydroxyl groups excluding tert-OH is 1. The number of rotatable bonds is 17. The van der Waals surface area contributed by atoms with Crippen molar-refractivity contribution in [3.05, 3.63) is 58.7 Å². The van der Waals surface area contributed by atoms with E-state index in [9.17, 15) is 19.8 Å². The van der Waals surface area contributed by atoms with E-state index in [1.165, 1.54) is 33.6 Å². The Morgan fingerprint density at radius 1 is 0.897 bits per heavy atom.